The van der Waals surface area contributed by atoms with Crippen LogP contribution in [-0.4, -0.2) is 9.97 Å². The van der Waals surface area contributed by atoms with Gasteiger partial charge in [0.15, 0.2) is 0 Å². The molecular formula is C15H15BrN2O. The zero-order chi connectivity index (χ0) is 13.8. The summed E-state index contributed by atoms with van der Waals surface area (Å²) >= 11 is 3.43. The van der Waals surface area contributed by atoms with Gasteiger partial charge in [0.2, 0.25) is 0 Å². The van der Waals surface area contributed by atoms with Gasteiger partial charge in [-0.15, -0.1) is 0 Å². The highest BCUT2D eigenvalue weighted by Gasteiger charge is 2.03. The zero-order valence-corrected chi connectivity index (χ0v) is 12.4. The number of benzene rings is 1. The van der Waals surface area contributed by atoms with Gasteiger partial charge in [0.25, 0.3) is 5.56 Å². The Bertz CT molecular complexity index is 659. The van der Waals surface area contributed by atoms with Crippen LogP contribution in [0.2, 0.25) is 0 Å². The molecule has 0 saturated heterocycles. The summed E-state index contributed by atoms with van der Waals surface area (Å²) in [6.07, 6.45) is 3.79. The molecule has 4 heteroatoms. The zero-order valence-electron chi connectivity index (χ0n) is 10.9. The lowest BCUT2D eigenvalue weighted by molar-refractivity contribution is 0.764. The van der Waals surface area contributed by atoms with Gasteiger partial charge < -0.3 is 4.98 Å². The summed E-state index contributed by atoms with van der Waals surface area (Å²) in [6, 6.07) is 9.44. The van der Waals surface area contributed by atoms with Gasteiger partial charge in [-0.1, -0.05) is 48.0 Å². The molecule has 0 saturated carbocycles. The number of halogens is 1. The third kappa shape index (κ3) is 3.89. The molecule has 0 aliphatic rings. The second-order valence-corrected chi connectivity index (χ2v) is 5.51. The Morgan fingerprint density at radius 2 is 2.05 bits per heavy atom. The van der Waals surface area contributed by atoms with Gasteiger partial charge in [-0.2, -0.15) is 0 Å². The van der Waals surface area contributed by atoms with Crippen LogP contribution < -0.4 is 5.56 Å². The predicted octanol–water partition coefficient (Wildman–Crippen LogP) is 3.83. The van der Waals surface area contributed by atoms with E-state index in [4.69, 9.17) is 0 Å². The molecule has 1 N–H and O–H groups in total. The third-order valence-electron chi connectivity index (χ3n) is 2.62. The van der Waals surface area contributed by atoms with E-state index in [1.807, 2.05) is 50.3 Å². The molecule has 98 valence electrons. The van der Waals surface area contributed by atoms with Crippen LogP contribution in [0.4, 0.5) is 0 Å². The molecule has 0 atom stereocenters. The van der Waals surface area contributed by atoms with Gasteiger partial charge in [0.1, 0.15) is 5.82 Å². The predicted molar refractivity (Wildman–Crippen MR) is 82.0 cm³/mol. The summed E-state index contributed by atoms with van der Waals surface area (Å²) in [6.45, 7) is 4.00. The standard InChI is InChI=1S/C15H15BrN2O/c1-10(2)15-17-13(9-14(19)18-15)7-6-11-4-3-5-12(16)8-11/h3-10H,1-2H3,(H,17,18,19)/b7-6+. The largest absolute Gasteiger partial charge is 0.310 e. The van der Waals surface area contributed by atoms with E-state index < -0.39 is 0 Å². The third-order valence-corrected chi connectivity index (χ3v) is 3.12. The lowest BCUT2D eigenvalue weighted by atomic mass is 10.2. The summed E-state index contributed by atoms with van der Waals surface area (Å²) in [5, 5.41) is 0. The minimum absolute atomic E-state index is 0.118. The van der Waals surface area contributed by atoms with Crippen molar-refractivity contribution in [2.75, 3.05) is 0 Å². The normalized spacial score (nSPS) is 11.4. The molecule has 2 aromatic rings. The van der Waals surface area contributed by atoms with Crippen LogP contribution in [0.1, 0.15) is 36.8 Å². The van der Waals surface area contributed by atoms with Crippen LogP contribution in [0.5, 0.6) is 0 Å². The number of H-pyrrole nitrogens is 1. The van der Waals surface area contributed by atoms with Gasteiger partial charge >= 0.3 is 0 Å². The average molecular weight is 319 g/mol. The Balaban J connectivity index is 2.30. The fourth-order valence-electron chi connectivity index (χ4n) is 1.65. The molecule has 3 nitrogen and oxygen atoms in total. The van der Waals surface area contributed by atoms with Gasteiger partial charge in [-0.3, -0.25) is 4.79 Å². The summed E-state index contributed by atoms with van der Waals surface area (Å²) < 4.78 is 1.02. The minimum Gasteiger partial charge on any atom is -0.310 e. The molecule has 0 unspecified atom stereocenters. The molecule has 0 radical (unpaired) electrons. The first-order valence-corrected chi connectivity index (χ1v) is 6.89. The van der Waals surface area contributed by atoms with Gasteiger partial charge in [0, 0.05) is 16.5 Å². The monoisotopic (exact) mass is 318 g/mol. The highest BCUT2D eigenvalue weighted by molar-refractivity contribution is 9.10. The number of nitrogens with zero attached hydrogens (tertiary/aromatic N) is 1. The van der Waals surface area contributed by atoms with Crippen LogP contribution >= 0.6 is 15.9 Å². The molecule has 1 aromatic carbocycles. The van der Waals surface area contributed by atoms with Crippen molar-refractivity contribution in [2.45, 2.75) is 19.8 Å². The molecule has 0 aliphatic carbocycles. The molecular weight excluding hydrogens is 304 g/mol. The number of rotatable bonds is 3. The molecule has 0 spiro atoms. The average Bonchev–Trinajstić information content (AvgIpc) is 2.36. The van der Waals surface area contributed by atoms with E-state index in [9.17, 15) is 4.79 Å². The molecule has 0 bridgehead atoms. The van der Waals surface area contributed by atoms with E-state index in [1.54, 1.807) is 0 Å². The van der Waals surface area contributed by atoms with Gasteiger partial charge in [0.05, 0.1) is 5.69 Å². The number of aromatic amines is 1. The molecule has 0 aliphatic heterocycles. The van der Waals surface area contributed by atoms with Crippen molar-refractivity contribution < 1.29 is 0 Å². The van der Waals surface area contributed by atoms with Crippen molar-refractivity contribution in [3.05, 3.63) is 62.2 Å². The highest BCUT2D eigenvalue weighted by atomic mass is 79.9. The van der Waals surface area contributed by atoms with Crippen molar-refractivity contribution in [3.8, 4) is 0 Å². The Labute approximate surface area is 120 Å². The minimum atomic E-state index is -0.118. The van der Waals surface area contributed by atoms with Crippen molar-refractivity contribution in [1.82, 2.24) is 9.97 Å². The first-order valence-electron chi connectivity index (χ1n) is 6.09. The first-order chi connectivity index (χ1) is 9.04. The van der Waals surface area contributed by atoms with Crippen molar-refractivity contribution in [3.63, 3.8) is 0 Å². The maximum atomic E-state index is 11.5. The Morgan fingerprint density at radius 3 is 2.74 bits per heavy atom. The molecule has 1 aromatic heterocycles. The van der Waals surface area contributed by atoms with Crippen molar-refractivity contribution in [1.29, 1.82) is 0 Å². The molecule has 0 fully saturated rings. The van der Waals surface area contributed by atoms with E-state index >= 15 is 0 Å². The van der Waals surface area contributed by atoms with Crippen LogP contribution in [0.25, 0.3) is 12.2 Å². The summed E-state index contributed by atoms with van der Waals surface area (Å²) in [7, 11) is 0. The van der Waals surface area contributed by atoms with Crippen molar-refractivity contribution in [2.24, 2.45) is 0 Å². The Kier molecular flexibility index (Phi) is 4.32. The van der Waals surface area contributed by atoms with E-state index in [-0.39, 0.29) is 11.5 Å². The van der Waals surface area contributed by atoms with E-state index in [0.29, 0.717) is 11.5 Å². The van der Waals surface area contributed by atoms with Crippen LogP contribution in [0.15, 0.2) is 39.6 Å². The van der Waals surface area contributed by atoms with Gasteiger partial charge in [-0.05, 0) is 23.8 Å². The maximum absolute atomic E-state index is 11.5. The topological polar surface area (TPSA) is 45.8 Å². The lowest BCUT2D eigenvalue weighted by Gasteiger charge is -2.04. The Morgan fingerprint density at radius 1 is 1.26 bits per heavy atom. The quantitative estimate of drug-likeness (QED) is 0.934. The SMILES string of the molecule is CC(C)c1nc(/C=C/c2cccc(Br)c2)cc(=O)[nH]1. The first kappa shape index (κ1) is 13.7. The molecule has 19 heavy (non-hydrogen) atoms. The molecule has 0 amide bonds. The lowest BCUT2D eigenvalue weighted by Crippen LogP contribution is -2.12. The fourth-order valence-corrected chi connectivity index (χ4v) is 2.06. The van der Waals surface area contributed by atoms with Crippen LogP contribution in [0, 0.1) is 0 Å². The number of hydrogen-bond acceptors (Lipinski definition) is 2. The highest BCUT2D eigenvalue weighted by Crippen LogP contribution is 2.14. The van der Waals surface area contributed by atoms with Crippen molar-refractivity contribution >= 4 is 28.1 Å². The number of aromatic nitrogens is 2. The molecule has 1 heterocycles. The maximum Gasteiger partial charge on any atom is 0.251 e. The van der Waals surface area contributed by atoms with E-state index in [2.05, 4.69) is 25.9 Å². The second kappa shape index (κ2) is 5.97. The summed E-state index contributed by atoms with van der Waals surface area (Å²) in [4.78, 5) is 18.7. The number of nitrogens with one attached hydrogen (secondary N) is 1. The fraction of sp³-hybridized carbons (Fsp3) is 0.200. The Hall–Kier alpha value is -1.68. The van der Waals surface area contributed by atoms with E-state index in [0.717, 1.165) is 10.0 Å². The molecule has 2 rings (SSSR count). The van der Waals surface area contributed by atoms with E-state index in [1.165, 1.54) is 6.07 Å². The smallest absolute Gasteiger partial charge is 0.251 e. The second-order valence-electron chi connectivity index (χ2n) is 4.60. The van der Waals surface area contributed by atoms with Gasteiger partial charge in [-0.25, -0.2) is 4.98 Å². The van der Waals surface area contributed by atoms with Crippen LogP contribution in [-0.2, 0) is 0 Å². The van der Waals surface area contributed by atoms with Crippen LogP contribution in [0.3, 0.4) is 0 Å². The number of hydrogen-bond donors (Lipinski definition) is 1. The summed E-state index contributed by atoms with van der Waals surface area (Å²) in [5.41, 5.74) is 1.61. The summed E-state index contributed by atoms with van der Waals surface area (Å²) in [5.74, 6) is 0.910.